The molecule has 1 N–H and O–H groups in total. The van der Waals surface area contributed by atoms with Gasteiger partial charge in [0.1, 0.15) is 12.4 Å². The summed E-state index contributed by atoms with van der Waals surface area (Å²) < 4.78 is 17.0. The number of benzene rings is 3. The van der Waals surface area contributed by atoms with Crippen molar-refractivity contribution in [3.05, 3.63) is 89.0 Å². The number of nitrogens with zero attached hydrogens (tertiary/aromatic N) is 1. The van der Waals surface area contributed by atoms with Gasteiger partial charge in [0.05, 0.1) is 13.3 Å². The first-order valence-corrected chi connectivity index (χ1v) is 10.9. The van der Waals surface area contributed by atoms with Crippen LogP contribution < -0.4 is 19.6 Å². The topological polar surface area (TPSA) is 69.2 Å². The summed E-state index contributed by atoms with van der Waals surface area (Å²) in [4.78, 5) is 12.1. The van der Waals surface area contributed by atoms with Crippen LogP contribution in [-0.4, -0.2) is 25.8 Å². The second-order valence-electron chi connectivity index (χ2n) is 7.95. The molecule has 172 valence electrons. The Kier molecular flexibility index (Phi) is 8.47. The highest BCUT2D eigenvalue weighted by atomic mass is 16.5. The molecule has 0 bridgehead atoms. The molecule has 6 nitrogen and oxygen atoms in total. The molecule has 0 aliphatic carbocycles. The fourth-order valence-electron chi connectivity index (χ4n) is 3.10. The molecule has 3 rings (SSSR count). The summed E-state index contributed by atoms with van der Waals surface area (Å²) in [7, 11) is 1.58. The molecule has 0 atom stereocenters. The highest BCUT2D eigenvalue weighted by Gasteiger charge is 2.08. The fourth-order valence-corrected chi connectivity index (χ4v) is 3.10. The van der Waals surface area contributed by atoms with Crippen molar-refractivity contribution in [1.82, 2.24) is 5.43 Å². The van der Waals surface area contributed by atoms with Crippen LogP contribution in [0, 0.1) is 6.92 Å². The molecule has 0 aliphatic rings. The molecule has 0 saturated heterocycles. The standard InChI is InChI=1S/C27H30N2O4/c1-19(2)23-12-10-20(3)25(15-23)33-18-27(30)29-28-16-22-11-13-24(26(14-22)31-4)32-17-21-8-6-5-7-9-21/h5-16,19H,17-18H2,1-4H3,(H,29,30)/b28-16+. The molecule has 0 radical (unpaired) electrons. The fraction of sp³-hybridized carbons (Fsp3) is 0.259. The summed E-state index contributed by atoms with van der Waals surface area (Å²) in [5.41, 5.74) is 6.48. The number of carbonyl (C=O) groups excluding carboxylic acids is 1. The minimum Gasteiger partial charge on any atom is -0.493 e. The molecule has 0 heterocycles. The average Bonchev–Trinajstić information content (AvgIpc) is 2.83. The van der Waals surface area contributed by atoms with Gasteiger partial charge >= 0.3 is 0 Å². The van der Waals surface area contributed by atoms with E-state index in [4.69, 9.17) is 14.2 Å². The normalized spacial score (nSPS) is 10.9. The monoisotopic (exact) mass is 446 g/mol. The third-order valence-electron chi connectivity index (χ3n) is 5.07. The first-order valence-electron chi connectivity index (χ1n) is 10.9. The van der Waals surface area contributed by atoms with Crippen molar-refractivity contribution in [3.63, 3.8) is 0 Å². The van der Waals surface area contributed by atoms with Gasteiger partial charge in [-0.05, 0) is 59.4 Å². The molecule has 33 heavy (non-hydrogen) atoms. The number of hydrogen-bond acceptors (Lipinski definition) is 5. The van der Waals surface area contributed by atoms with Gasteiger partial charge in [0.25, 0.3) is 5.91 Å². The largest absolute Gasteiger partial charge is 0.493 e. The number of amides is 1. The van der Waals surface area contributed by atoms with Crippen molar-refractivity contribution >= 4 is 12.1 Å². The third-order valence-corrected chi connectivity index (χ3v) is 5.07. The number of carbonyl (C=O) groups is 1. The SMILES string of the molecule is COc1cc(/C=N/NC(=O)COc2cc(C(C)C)ccc2C)ccc1OCc1ccccc1. The second kappa shape index (κ2) is 11.7. The van der Waals surface area contributed by atoms with Crippen molar-refractivity contribution in [1.29, 1.82) is 0 Å². The molecule has 3 aromatic carbocycles. The van der Waals surface area contributed by atoms with E-state index in [2.05, 4.69) is 30.4 Å². The molecule has 0 saturated carbocycles. The number of nitrogens with one attached hydrogen (secondary N) is 1. The first kappa shape index (κ1) is 23.9. The summed E-state index contributed by atoms with van der Waals surface area (Å²) in [6.07, 6.45) is 1.55. The number of hydrazone groups is 1. The highest BCUT2D eigenvalue weighted by molar-refractivity contribution is 5.83. The van der Waals surface area contributed by atoms with Gasteiger partial charge in [-0.25, -0.2) is 5.43 Å². The van der Waals surface area contributed by atoms with E-state index < -0.39 is 0 Å². The van der Waals surface area contributed by atoms with Gasteiger partial charge in [0.15, 0.2) is 18.1 Å². The van der Waals surface area contributed by atoms with Crippen molar-refractivity contribution in [2.24, 2.45) is 5.10 Å². The van der Waals surface area contributed by atoms with Crippen molar-refractivity contribution in [3.8, 4) is 17.2 Å². The lowest BCUT2D eigenvalue weighted by Crippen LogP contribution is -2.24. The van der Waals surface area contributed by atoms with Gasteiger partial charge < -0.3 is 14.2 Å². The second-order valence-corrected chi connectivity index (χ2v) is 7.95. The Balaban J connectivity index is 1.53. The summed E-state index contributed by atoms with van der Waals surface area (Å²) in [5.74, 6) is 1.98. The summed E-state index contributed by atoms with van der Waals surface area (Å²) in [6.45, 7) is 6.52. The molecule has 0 aromatic heterocycles. The van der Waals surface area contributed by atoms with Crippen LogP contribution in [0.2, 0.25) is 0 Å². The summed E-state index contributed by atoms with van der Waals surface area (Å²) >= 11 is 0. The molecular formula is C27H30N2O4. The Morgan fingerprint density at radius 2 is 1.76 bits per heavy atom. The lowest BCUT2D eigenvalue weighted by atomic mass is 10.0. The van der Waals surface area contributed by atoms with Crippen LogP contribution in [0.25, 0.3) is 0 Å². The van der Waals surface area contributed by atoms with E-state index in [1.54, 1.807) is 19.4 Å². The minimum absolute atomic E-state index is 0.116. The molecule has 0 fully saturated rings. The molecule has 0 spiro atoms. The van der Waals surface area contributed by atoms with E-state index in [9.17, 15) is 4.79 Å². The maximum atomic E-state index is 12.1. The number of methoxy groups -OCH3 is 1. The van der Waals surface area contributed by atoms with Gasteiger partial charge in [-0.15, -0.1) is 0 Å². The van der Waals surface area contributed by atoms with Crippen molar-refractivity contribution in [2.75, 3.05) is 13.7 Å². The average molecular weight is 447 g/mol. The Bertz CT molecular complexity index is 1090. The summed E-state index contributed by atoms with van der Waals surface area (Å²) in [6, 6.07) is 21.4. The Morgan fingerprint density at radius 1 is 0.970 bits per heavy atom. The van der Waals surface area contributed by atoms with Crippen molar-refractivity contribution in [2.45, 2.75) is 33.3 Å². The lowest BCUT2D eigenvalue weighted by molar-refractivity contribution is -0.123. The lowest BCUT2D eigenvalue weighted by Gasteiger charge is -2.12. The van der Waals surface area contributed by atoms with Crippen LogP contribution in [0.4, 0.5) is 0 Å². The maximum Gasteiger partial charge on any atom is 0.277 e. The number of hydrogen-bond donors (Lipinski definition) is 1. The smallest absolute Gasteiger partial charge is 0.277 e. The molecule has 0 aliphatic heterocycles. The number of aryl methyl sites for hydroxylation is 1. The minimum atomic E-state index is -0.338. The van der Waals surface area contributed by atoms with Gasteiger partial charge in [-0.2, -0.15) is 5.10 Å². The highest BCUT2D eigenvalue weighted by Crippen LogP contribution is 2.28. The predicted molar refractivity (Wildman–Crippen MR) is 130 cm³/mol. The number of rotatable bonds is 10. The molecule has 3 aromatic rings. The maximum absolute atomic E-state index is 12.1. The van der Waals surface area contributed by atoms with Gasteiger partial charge in [-0.3, -0.25) is 4.79 Å². The Hall–Kier alpha value is -3.80. The van der Waals surface area contributed by atoms with E-state index in [1.807, 2.05) is 61.5 Å². The van der Waals surface area contributed by atoms with E-state index >= 15 is 0 Å². The van der Waals surface area contributed by atoms with Crippen LogP contribution in [0.5, 0.6) is 17.2 Å². The molecular weight excluding hydrogens is 416 g/mol. The van der Waals surface area contributed by atoms with E-state index in [0.717, 1.165) is 16.7 Å². The zero-order chi connectivity index (χ0) is 23.6. The third kappa shape index (κ3) is 7.10. The van der Waals surface area contributed by atoms with Crippen LogP contribution in [0.15, 0.2) is 71.8 Å². The summed E-state index contributed by atoms with van der Waals surface area (Å²) in [5, 5.41) is 4.02. The first-order chi connectivity index (χ1) is 16.0. The predicted octanol–water partition coefficient (Wildman–Crippen LogP) is 5.24. The van der Waals surface area contributed by atoms with Crippen LogP contribution in [-0.2, 0) is 11.4 Å². The van der Waals surface area contributed by atoms with E-state index in [0.29, 0.717) is 29.8 Å². The Labute approximate surface area is 195 Å². The molecule has 6 heteroatoms. The Morgan fingerprint density at radius 3 is 2.48 bits per heavy atom. The van der Waals surface area contributed by atoms with Crippen LogP contribution >= 0.6 is 0 Å². The van der Waals surface area contributed by atoms with Gasteiger partial charge in [0.2, 0.25) is 0 Å². The zero-order valence-corrected chi connectivity index (χ0v) is 19.5. The van der Waals surface area contributed by atoms with Crippen molar-refractivity contribution < 1.29 is 19.0 Å². The van der Waals surface area contributed by atoms with Crippen LogP contribution in [0.1, 0.15) is 42.0 Å². The zero-order valence-electron chi connectivity index (χ0n) is 19.5. The van der Waals surface area contributed by atoms with Crippen LogP contribution in [0.3, 0.4) is 0 Å². The van der Waals surface area contributed by atoms with Gasteiger partial charge in [-0.1, -0.05) is 56.3 Å². The van der Waals surface area contributed by atoms with E-state index in [1.165, 1.54) is 5.56 Å². The molecule has 0 unspecified atom stereocenters. The number of ether oxygens (including phenoxy) is 3. The van der Waals surface area contributed by atoms with E-state index in [-0.39, 0.29) is 12.5 Å². The quantitative estimate of drug-likeness (QED) is 0.342. The molecule has 1 amide bonds. The van der Waals surface area contributed by atoms with Gasteiger partial charge in [0, 0.05) is 0 Å².